The molecule has 0 fully saturated rings. The van der Waals surface area contributed by atoms with Crippen molar-refractivity contribution >= 4 is 23.2 Å². The summed E-state index contributed by atoms with van der Waals surface area (Å²) in [4.78, 5) is 12.0. The van der Waals surface area contributed by atoms with Crippen molar-refractivity contribution in [2.45, 2.75) is 19.9 Å². The summed E-state index contributed by atoms with van der Waals surface area (Å²) in [6, 6.07) is 11.3. The smallest absolute Gasteiger partial charge is 0.222 e. The van der Waals surface area contributed by atoms with E-state index in [0.29, 0.717) is 30.3 Å². The van der Waals surface area contributed by atoms with Gasteiger partial charge >= 0.3 is 0 Å². The van der Waals surface area contributed by atoms with Crippen molar-refractivity contribution in [3.8, 4) is 11.5 Å². The largest absolute Gasteiger partial charge is 0.497 e. The predicted molar refractivity (Wildman–Crippen MR) is 101 cm³/mol. The number of benzene rings is 2. The second kappa shape index (κ2) is 9.18. The minimum Gasteiger partial charge on any atom is -0.497 e. The number of rotatable bonds is 8. The molecule has 2 N–H and O–H groups in total. The Labute approximate surface area is 153 Å². The monoisotopic (exact) mass is 362 g/mol. The van der Waals surface area contributed by atoms with E-state index in [2.05, 4.69) is 10.6 Å². The van der Waals surface area contributed by atoms with Crippen molar-refractivity contribution in [3.05, 3.63) is 52.5 Å². The number of hydrogen-bond acceptors (Lipinski definition) is 4. The maximum Gasteiger partial charge on any atom is 0.222 e. The Hall–Kier alpha value is -2.40. The van der Waals surface area contributed by atoms with Crippen LogP contribution < -0.4 is 20.1 Å². The van der Waals surface area contributed by atoms with Gasteiger partial charge in [-0.3, -0.25) is 4.79 Å². The van der Waals surface area contributed by atoms with Crippen LogP contribution >= 0.6 is 11.6 Å². The number of carbonyl (C=O) groups is 1. The summed E-state index contributed by atoms with van der Waals surface area (Å²) in [7, 11) is 3.22. The average molecular weight is 363 g/mol. The third kappa shape index (κ3) is 5.57. The molecule has 0 aliphatic carbocycles. The summed E-state index contributed by atoms with van der Waals surface area (Å²) in [5, 5.41) is 6.77. The molecule has 25 heavy (non-hydrogen) atoms. The minimum atomic E-state index is -0.0204. The van der Waals surface area contributed by atoms with Gasteiger partial charge in [0.15, 0.2) is 0 Å². The molecule has 6 heteroatoms. The highest BCUT2D eigenvalue weighted by Gasteiger charge is 2.08. The Bertz CT molecular complexity index is 717. The number of nitrogens with one attached hydrogen (secondary N) is 2. The molecule has 0 unspecified atom stereocenters. The molecule has 2 aromatic rings. The molecule has 0 aromatic heterocycles. The molecule has 0 spiro atoms. The van der Waals surface area contributed by atoms with Gasteiger partial charge in [0.25, 0.3) is 0 Å². The van der Waals surface area contributed by atoms with Crippen molar-refractivity contribution in [2.24, 2.45) is 0 Å². The minimum absolute atomic E-state index is 0.0204. The molecule has 2 rings (SSSR count). The molecule has 1 amide bonds. The second-order valence-electron chi connectivity index (χ2n) is 5.60. The zero-order chi connectivity index (χ0) is 18.2. The summed E-state index contributed by atoms with van der Waals surface area (Å²) >= 11 is 6.09. The van der Waals surface area contributed by atoms with Crippen molar-refractivity contribution in [1.29, 1.82) is 0 Å². The molecule has 2 aromatic carbocycles. The number of aryl methyl sites for hydroxylation is 1. The van der Waals surface area contributed by atoms with Gasteiger partial charge < -0.3 is 20.1 Å². The summed E-state index contributed by atoms with van der Waals surface area (Å²) in [5.74, 6) is 1.44. The Morgan fingerprint density at radius 3 is 2.48 bits per heavy atom. The number of amides is 1. The van der Waals surface area contributed by atoms with Crippen LogP contribution in [0.2, 0.25) is 5.02 Å². The SMILES string of the molecule is COc1ccc(CNC(=O)CCNc2cc(C)c(Cl)cc2OC)cc1. The first-order valence-electron chi connectivity index (χ1n) is 8.01. The number of ether oxygens (including phenoxy) is 2. The molecule has 134 valence electrons. The molecule has 0 saturated carbocycles. The van der Waals surface area contributed by atoms with Gasteiger partial charge in [-0.1, -0.05) is 23.7 Å². The predicted octanol–water partition coefficient (Wildman–Crippen LogP) is 3.78. The van der Waals surface area contributed by atoms with E-state index in [1.165, 1.54) is 0 Å². The molecule has 0 saturated heterocycles. The first kappa shape index (κ1) is 18.9. The number of hydrogen-bond donors (Lipinski definition) is 2. The highest BCUT2D eigenvalue weighted by Crippen LogP contribution is 2.30. The number of halogens is 1. The molecule has 0 bridgehead atoms. The zero-order valence-electron chi connectivity index (χ0n) is 14.7. The van der Waals surface area contributed by atoms with Crippen LogP contribution in [0.5, 0.6) is 11.5 Å². The molecule has 0 aliphatic heterocycles. The lowest BCUT2D eigenvalue weighted by Crippen LogP contribution is -2.24. The van der Waals surface area contributed by atoms with Gasteiger partial charge in [0.05, 0.1) is 19.9 Å². The van der Waals surface area contributed by atoms with Crippen LogP contribution in [0.3, 0.4) is 0 Å². The quantitative estimate of drug-likeness (QED) is 0.750. The van der Waals surface area contributed by atoms with Crippen molar-refractivity contribution in [2.75, 3.05) is 26.1 Å². The molecule has 0 heterocycles. The van der Waals surface area contributed by atoms with E-state index in [9.17, 15) is 4.79 Å². The normalized spacial score (nSPS) is 10.2. The fourth-order valence-electron chi connectivity index (χ4n) is 2.31. The molecule has 0 aliphatic rings. The summed E-state index contributed by atoms with van der Waals surface area (Å²) in [5.41, 5.74) is 2.80. The van der Waals surface area contributed by atoms with Crippen LogP contribution in [-0.2, 0) is 11.3 Å². The number of methoxy groups -OCH3 is 2. The van der Waals surface area contributed by atoms with E-state index in [4.69, 9.17) is 21.1 Å². The second-order valence-corrected chi connectivity index (χ2v) is 6.01. The first-order chi connectivity index (χ1) is 12.0. The summed E-state index contributed by atoms with van der Waals surface area (Å²) < 4.78 is 10.4. The molecular formula is C19H23ClN2O3. The molecular weight excluding hydrogens is 340 g/mol. The van der Waals surface area contributed by atoms with Gasteiger partial charge in [0.2, 0.25) is 5.91 Å². The maximum atomic E-state index is 12.0. The van der Waals surface area contributed by atoms with Gasteiger partial charge in [-0.2, -0.15) is 0 Å². The van der Waals surface area contributed by atoms with Crippen LogP contribution in [-0.4, -0.2) is 26.7 Å². The highest BCUT2D eigenvalue weighted by atomic mass is 35.5. The van der Waals surface area contributed by atoms with Crippen LogP contribution in [0.15, 0.2) is 36.4 Å². The van der Waals surface area contributed by atoms with Crippen LogP contribution in [0.4, 0.5) is 5.69 Å². The number of anilines is 1. The Balaban J connectivity index is 1.79. The van der Waals surface area contributed by atoms with Gasteiger partial charge in [-0.05, 0) is 36.2 Å². The van der Waals surface area contributed by atoms with Crippen molar-refractivity contribution < 1.29 is 14.3 Å². The highest BCUT2D eigenvalue weighted by molar-refractivity contribution is 6.31. The van der Waals surface area contributed by atoms with Gasteiger partial charge in [0.1, 0.15) is 11.5 Å². The fourth-order valence-corrected chi connectivity index (χ4v) is 2.47. The van der Waals surface area contributed by atoms with Crippen molar-refractivity contribution in [1.82, 2.24) is 5.32 Å². The van der Waals surface area contributed by atoms with E-state index >= 15 is 0 Å². The van der Waals surface area contributed by atoms with E-state index in [0.717, 1.165) is 22.6 Å². The lowest BCUT2D eigenvalue weighted by atomic mass is 10.2. The van der Waals surface area contributed by atoms with Gasteiger partial charge in [-0.15, -0.1) is 0 Å². The van der Waals surface area contributed by atoms with Crippen LogP contribution in [0, 0.1) is 6.92 Å². The van der Waals surface area contributed by atoms with Gasteiger partial charge in [-0.25, -0.2) is 0 Å². The maximum absolute atomic E-state index is 12.0. The molecule has 0 atom stereocenters. The summed E-state index contributed by atoms with van der Waals surface area (Å²) in [6.07, 6.45) is 0.362. The Kier molecular flexibility index (Phi) is 6.95. The molecule has 5 nitrogen and oxygen atoms in total. The Morgan fingerprint density at radius 2 is 1.84 bits per heavy atom. The average Bonchev–Trinajstić information content (AvgIpc) is 2.63. The third-order valence-electron chi connectivity index (χ3n) is 3.80. The lowest BCUT2D eigenvalue weighted by Gasteiger charge is -2.13. The first-order valence-corrected chi connectivity index (χ1v) is 8.39. The standard InChI is InChI=1S/C19H23ClN2O3/c1-13-10-17(18(25-3)11-16(13)20)21-9-8-19(23)22-12-14-4-6-15(24-2)7-5-14/h4-7,10-11,21H,8-9,12H2,1-3H3,(H,22,23). The topological polar surface area (TPSA) is 59.6 Å². The van der Waals surface area contributed by atoms with E-state index in [-0.39, 0.29) is 5.91 Å². The van der Waals surface area contributed by atoms with Crippen LogP contribution in [0.1, 0.15) is 17.5 Å². The van der Waals surface area contributed by atoms with E-state index < -0.39 is 0 Å². The van der Waals surface area contributed by atoms with Gasteiger partial charge in [0, 0.05) is 30.6 Å². The van der Waals surface area contributed by atoms with E-state index in [1.54, 1.807) is 20.3 Å². The third-order valence-corrected chi connectivity index (χ3v) is 4.20. The van der Waals surface area contributed by atoms with E-state index in [1.807, 2.05) is 37.3 Å². The van der Waals surface area contributed by atoms with Crippen molar-refractivity contribution in [3.63, 3.8) is 0 Å². The van der Waals surface area contributed by atoms with Crippen LogP contribution in [0.25, 0.3) is 0 Å². The summed E-state index contributed by atoms with van der Waals surface area (Å²) in [6.45, 7) is 2.92. The Morgan fingerprint density at radius 1 is 1.12 bits per heavy atom. The molecule has 0 radical (unpaired) electrons. The zero-order valence-corrected chi connectivity index (χ0v) is 15.4. The number of carbonyl (C=O) groups excluding carboxylic acids is 1. The fraction of sp³-hybridized carbons (Fsp3) is 0.316. The lowest BCUT2D eigenvalue weighted by molar-refractivity contribution is -0.121.